The van der Waals surface area contributed by atoms with E-state index in [2.05, 4.69) is 10.3 Å². The Hall–Kier alpha value is -3.22. The number of esters is 1. The molecule has 0 radical (unpaired) electrons. The van der Waals surface area contributed by atoms with Crippen molar-refractivity contribution < 1.29 is 14.3 Å². The van der Waals surface area contributed by atoms with Crippen LogP contribution in [0.15, 0.2) is 53.3 Å². The molecule has 1 heterocycles. The molecule has 3 aromatic rings. The van der Waals surface area contributed by atoms with Crippen LogP contribution in [0.4, 0.5) is 0 Å². The van der Waals surface area contributed by atoms with Gasteiger partial charge in [0.1, 0.15) is 17.0 Å². The SMILES string of the molecule is COc1ccc(OC(=O)CCn2nnc3ccccc3c2=O)cc1. The highest BCUT2D eigenvalue weighted by Crippen LogP contribution is 2.17. The van der Waals surface area contributed by atoms with E-state index in [0.29, 0.717) is 22.4 Å². The second-order valence-corrected chi connectivity index (χ2v) is 5.03. The summed E-state index contributed by atoms with van der Waals surface area (Å²) in [7, 11) is 1.56. The zero-order valence-electron chi connectivity index (χ0n) is 13.0. The van der Waals surface area contributed by atoms with Crippen LogP contribution in [0.5, 0.6) is 11.5 Å². The molecule has 0 saturated carbocycles. The Morgan fingerprint density at radius 2 is 1.79 bits per heavy atom. The van der Waals surface area contributed by atoms with Crippen molar-refractivity contribution in [3.05, 3.63) is 58.9 Å². The number of aryl methyl sites for hydroxylation is 1. The Bertz CT molecular complexity index is 919. The molecule has 0 amide bonds. The molecule has 3 rings (SSSR count). The molecule has 0 unspecified atom stereocenters. The summed E-state index contributed by atoms with van der Waals surface area (Å²) in [4.78, 5) is 24.2. The zero-order chi connectivity index (χ0) is 16.9. The summed E-state index contributed by atoms with van der Waals surface area (Å²) < 4.78 is 11.4. The van der Waals surface area contributed by atoms with Crippen LogP contribution >= 0.6 is 0 Å². The van der Waals surface area contributed by atoms with Crippen LogP contribution in [-0.4, -0.2) is 28.1 Å². The predicted molar refractivity (Wildman–Crippen MR) is 87.0 cm³/mol. The molecule has 2 aromatic carbocycles. The summed E-state index contributed by atoms with van der Waals surface area (Å²) in [6.45, 7) is 0.103. The fourth-order valence-electron chi connectivity index (χ4n) is 2.19. The number of carbonyl (C=O) groups is 1. The van der Waals surface area contributed by atoms with Crippen molar-refractivity contribution in [1.82, 2.24) is 15.0 Å². The van der Waals surface area contributed by atoms with E-state index in [-0.39, 0.29) is 18.5 Å². The number of methoxy groups -OCH3 is 1. The van der Waals surface area contributed by atoms with Gasteiger partial charge in [0, 0.05) is 0 Å². The minimum Gasteiger partial charge on any atom is -0.497 e. The highest BCUT2D eigenvalue weighted by molar-refractivity contribution is 5.76. The summed E-state index contributed by atoms with van der Waals surface area (Å²) in [5.41, 5.74) is 0.248. The van der Waals surface area contributed by atoms with Gasteiger partial charge in [0.05, 0.1) is 25.5 Å². The minimum atomic E-state index is -0.456. The zero-order valence-corrected chi connectivity index (χ0v) is 13.0. The molecule has 1 aromatic heterocycles. The number of aromatic nitrogens is 3. The van der Waals surface area contributed by atoms with Gasteiger partial charge < -0.3 is 9.47 Å². The second kappa shape index (κ2) is 6.91. The fraction of sp³-hybridized carbons (Fsp3) is 0.176. The molecule has 7 nitrogen and oxygen atoms in total. The van der Waals surface area contributed by atoms with Crippen LogP contribution in [0, 0.1) is 0 Å². The number of fused-ring (bicyclic) bond motifs is 1. The Morgan fingerprint density at radius 3 is 2.54 bits per heavy atom. The number of hydrogen-bond donors (Lipinski definition) is 0. The smallest absolute Gasteiger partial charge is 0.313 e. The predicted octanol–water partition coefficient (Wildman–Crippen LogP) is 1.80. The average Bonchev–Trinajstić information content (AvgIpc) is 2.62. The van der Waals surface area contributed by atoms with Crippen LogP contribution in [0.3, 0.4) is 0 Å². The maximum atomic E-state index is 12.3. The van der Waals surface area contributed by atoms with E-state index in [1.807, 2.05) is 0 Å². The number of nitrogens with zero attached hydrogens (tertiary/aromatic N) is 3. The maximum absolute atomic E-state index is 12.3. The summed E-state index contributed by atoms with van der Waals surface area (Å²) in [6, 6.07) is 13.6. The first kappa shape index (κ1) is 15.7. The van der Waals surface area contributed by atoms with Gasteiger partial charge in [-0.3, -0.25) is 9.59 Å². The van der Waals surface area contributed by atoms with Gasteiger partial charge in [-0.25, -0.2) is 4.68 Å². The number of benzene rings is 2. The summed E-state index contributed by atoms with van der Waals surface area (Å²) in [6.07, 6.45) is 0.0129. The largest absolute Gasteiger partial charge is 0.497 e. The minimum absolute atomic E-state index is 0.0129. The van der Waals surface area contributed by atoms with Gasteiger partial charge in [-0.15, -0.1) is 5.10 Å². The first-order chi connectivity index (χ1) is 11.7. The van der Waals surface area contributed by atoms with Gasteiger partial charge in [-0.05, 0) is 36.4 Å². The molecule has 0 bridgehead atoms. The summed E-state index contributed by atoms with van der Waals surface area (Å²) in [5, 5.41) is 8.28. The third-order valence-electron chi connectivity index (χ3n) is 3.45. The lowest BCUT2D eigenvalue weighted by Crippen LogP contribution is -2.26. The highest BCUT2D eigenvalue weighted by Gasteiger charge is 2.09. The van der Waals surface area contributed by atoms with Crippen LogP contribution in [0.25, 0.3) is 10.9 Å². The molecule has 0 aliphatic heterocycles. The van der Waals surface area contributed by atoms with E-state index in [1.165, 1.54) is 0 Å². The molecular formula is C17H15N3O4. The monoisotopic (exact) mass is 325 g/mol. The molecule has 0 atom stereocenters. The third kappa shape index (κ3) is 3.40. The van der Waals surface area contributed by atoms with Crippen LogP contribution in [0.1, 0.15) is 6.42 Å². The van der Waals surface area contributed by atoms with Crippen LogP contribution in [0.2, 0.25) is 0 Å². The molecule has 0 aliphatic carbocycles. The molecular weight excluding hydrogens is 310 g/mol. The number of rotatable bonds is 5. The number of ether oxygens (including phenoxy) is 2. The van der Waals surface area contributed by atoms with Gasteiger partial charge in [0.15, 0.2) is 0 Å². The van der Waals surface area contributed by atoms with Crippen molar-refractivity contribution in [2.45, 2.75) is 13.0 Å². The van der Waals surface area contributed by atoms with Crippen molar-refractivity contribution >= 4 is 16.9 Å². The molecule has 0 fully saturated rings. The van der Waals surface area contributed by atoms with Gasteiger partial charge in [0.25, 0.3) is 5.56 Å². The number of carbonyl (C=O) groups excluding carboxylic acids is 1. The van der Waals surface area contributed by atoms with Gasteiger partial charge in [0.2, 0.25) is 0 Å². The van der Waals surface area contributed by atoms with E-state index in [4.69, 9.17) is 9.47 Å². The van der Waals surface area contributed by atoms with Gasteiger partial charge >= 0.3 is 5.97 Å². The maximum Gasteiger partial charge on any atom is 0.313 e. The lowest BCUT2D eigenvalue weighted by atomic mass is 10.2. The average molecular weight is 325 g/mol. The lowest BCUT2D eigenvalue weighted by Gasteiger charge is -2.06. The van der Waals surface area contributed by atoms with E-state index < -0.39 is 5.97 Å². The van der Waals surface area contributed by atoms with E-state index in [9.17, 15) is 9.59 Å². The van der Waals surface area contributed by atoms with Crippen molar-refractivity contribution in [2.75, 3.05) is 7.11 Å². The Morgan fingerprint density at radius 1 is 1.08 bits per heavy atom. The van der Waals surface area contributed by atoms with Crippen LogP contribution in [-0.2, 0) is 11.3 Å². The molecule has 0 aliphatic rings. The number of hydrogen-bond acceptors (Lipinski definition) is 6. The van der Waals surface area contributed by atoms with E-state index in [1.54, 1.807) is 55.6 Å². The van der Waals surface area contributed by atoms with E-state index >= 15 is 0 Å². The normalized spacial score (nSPS) is 10.5. The third-order valence-corrected chi connectivity index (χ3v) is 3.45. The molecule has 0 spiro atoms. The summed E-state index contributed by atoms with van der Waals surface area (Å²) >= 11 is 0. The van der Waals surface area contributed by atoms with Gasteiger partial charge in [-0.2, -0.15) is 0 Å². The van der Waals surface area contributed by atoms with Gasteiger partial charge in [-0.1, -0.05) is 17.3 Å². The van der Waals surface area contributed by atoms with Crippen LogP contribution < -0.4 is 15.0 Å². The van der Waals surface area contributed by atoms with Crippen molar-refractivity contribution in [3.63, 3.8) is 0 Å². The molecule has 122 valence electrons. The first-order valence-electron chi connectivity index (χ1n) is 7.34. The Labute approximate surface area is 137 Å². The Kier molecular flexibility index (Phi) is 4.51. The topological polar surface area (TPSA) is 83.3 Å². The van der Waals surface area contributed by atoms with Crippen molar-refractivity contribution in [2.24, 2.45) is 0 Å². The fourth-order valence-corrected chi connectivity index (χ4v) is 2.19. The van der Waals surface area contributed by atoms with Crippen molar-refractivity contribution in [1.29, 1.82) is 0 Å². The first-order valence-corrected chi connectivity index (χ1v) is 7.34. The standard InChI is InChI=1S/C17H15N3O4/c1-23-12-6-8-13(9-7-12)24-16(21)10-11-20-17(22)14-4-2-3-5-15(14)18-19-20/h2-9H,10-11H2,1H3. The molecule has 0 N–H and O–H groups in total. The van der Waals surface area contributed by atoms with E-state index in [0.717, 1.165) is 4.68 Å². The lowest BCUT2D eigenvalue weighted by molar-refractivity contribution is -0.134. The molecule has 24 heavy (non-hydrogen) atoms. The molecule has 7 heteroatoms. The summed E-state index contributed by atoms with van der Waals surface area (Å²) in [5.74, 6) is 0.632. The quantitative estimate of drug-likeness (QED) is 0.525. The second-order valence-electron chi connectivity index (χ2n) is 5.03. The van der Waals surface area contributed by atoms with Crippen molar-refractivity contribution in [3.8, 4) is 11.5 Å². The highest BCUT2D eigenvalue weighted by atomic mass is 16.5. The molecule has 0 saturated heterocycles. The Balaban J connectivity index is 1.65.